The Morgan fingerprint density at radius 3 is 2.71 bits per heavy atom. The van der Waals surface area contributed by atoms with Crippen molar-refractivity contribution < 1.29 is 19.4 Å². The summed E-state index contributed by atoms with van der Waals surface area (Å²) in [6.45, 7) is 1.01. The molecular formula is C22H21Cl2N3O4. The number of methoxy groups -OCH3 is 2. The fraction of sp³-hybridized carbons (Fsp3) is 0.273. The Bertz CT molecular complexity index is 1130. The van der Waals surface area contributed by atoms with Gasteiger partial charge in [0, 0.05) is 36.4 Å². The molecule has 31 heavy (non-hydrogen) atoms. The van der Waals surface area contributed by atoms with Crippen LogP contribution in [0.25, 0.3) is 11.3 Å². The SMILES string of the molecule is COCCCN1C(=O)c2[nH]nc(-c3ccc(Cl)cc3Cl)c2C1c1ccc(O)c(OC)c1. The van der Waals surface area contributed by atoms with Crippen molar-refractivity contribution >= 4 is 29.1 Å². The number of phenolic OH excluding ortho intramolecular Hbond substituents is 1. The number of fused-ring (bicyclic) bond motifs is 1. The van der Waals surface area contributed by atoms with Crippen molar-refractivity contribution in [2.24, 2.45) is 0 Å². The van der Waals surface area contributed by atoms with E-state index in [2.05, 4.69) is 10.2 Å². The van der Waals surface area contributed by atoms with Gasteiger partial charge in [-0.1, -0.05) is 29.3 Å². The Balaban J connectivity index is 1.86. The number of aromatic hydroxyl groups is 1. The number of aromatic nitrogens is 2. The van der Waals surface area contributed by atoms with Crippen LogP contribution in [0.4, 0.5) is 0 Å². The quantitative estimate of drug-likeness (QED) is 0.498. The van der Waals surface area contributed by atoms with E-state index in [0.717, 1.165) is 11.1 Å². The molecule has 1 aromatic heterocycles. The summed E-state index contributed by atoms with van der Waals surface area (Å²) < 4.78 is 10.5. The fourth-order valence-corrected chi connectivity index (χ4v) is 4.40. The molecule has 0 bridgehead atoms. The summed E-state index contributed by atoms with van der Waals surface area (Å²) in [5, 5.41) is 18.3. The van der Waals surface area contributed by atoms with Gasteiger partial charge in [-0.05, 0) is 42.3 Å². The highest BCUT2D eigenvalue weighted by molar-refractivity contribution is 6.36. The Kier molecular flexibility index (Phi) is 6.09. The first-order chi connectivity index (χ1) is 15.0. The van der Waals surface area contributed by atoms with Crippen LogP contribution in [0.2, 0.25) is 10.0 Å². The van der Waals surface area contributed by atoms with Crippen molar-refractivity contribution in [3.63, 3.8) is 0 Å². The lowest BCUT2D eigenvalue weighted by atomic mass is 9.95. The summed E-state index contributed by atoms with van der Waals surface area (Å²) in [4.78, 5) is 15.0. The molecular weight excluding hydrogens is 441 g/mol. The number of amides is 1. The van der Waals surface area contributed by atoms with E-state index in [9.17, 15) is 9.90 Å². The van der Waals surface area contributed by atoms with Crippen LogP contribution in [-0.2, 0) is 4.74 Å². The third-order valence-electron chi connectivity index (χ3n) is 5.32. The fourth-order valence-electron chi connectivity index (χ4n) is 3.90. The molecule has 1 unspecified atom stereocenters. The predicted octanol–water partition coefficient (Wildman–Crippen LogP) is 4.68. The minimum absolute atomic E-state index is 0.0230. The number of halogens is 2. The zero-order valence-corrected chi connectivity index (χ0v) is 18.5. The molecule has 4 rings (SSSR count). The summed E-state index contributed by atoms with van der Waals surface area (Å²) in [7, 11) is 3.11. The van der Waals surface area contributed by atoms with Crippen molar-refractivity contribution in [3.05, 3.63) is 63.3 Å². The lowest BCUT2D eigenvalue weighted by molar-refractivity contribution is 0.0723. The molecule has 162 valence electrons. The molecule has 9 heteroatoms. The van der Waals surface area contributed by atoms with Crippen LogP contribution >= 0.6 is 23.2 Å². The highest BCUT2D eigenvalue weighted by atomic mass is 35.5. The number of rotatable bonds is 7. The second-order valence-electron chi connectivity index (χ2n) is 7.16. The average molecular weight is 462 g/mol. The number of H-pyrrole nitrogens is 1. The molecule has 1 aliphatic heterocycles. The maximum atomic E-state index is 13.3. The molecule has 3 aromatic rings. The Hall–Kier alpha value is -2.74. The van der Waals surface area contributed by atoms with Crippen molar-refractivity contribution in [1.29, 1.82) is 0 Å². The monoisotopic (exact) mass is 461 g/mol. The topological polar surface area (TPSA) is 87.7 Å². The van der Waals surface area contributed by atoms with Gasteiger partial charge in [0.25, 0.3) is 5.91 Å². The van der Waals surface area contributed by atoms with Gasteiger partial charge in [-0.15, -0.1) is 0 Å². The Morgan fingerprint density at radius 2 is 2.00 bits per heavy atom. The van der Waals surface area contributed by atoms with Crippen molar-refractivity contribution in [3.8, 4) is 22.8 Å². The maximum Gasteiger partial charge on any atom is 0.273 e. The van der Waals surface area contributed by atoms with Crippen LogP contribution in [-0.4, -0.2) is 53.5 Å². The van der Waals surface area contributed by atoms with Crippen molar-refractivity contribution in [2.45, 2.75) is 12.5 Å². The molecule has 0 radical (unpaired) electrons. The van der Waals surface area contributed by atoms with Crippen LogP contribution in [0.3, 0.4) is 0 Å². The van der Waals surface area contributed by atoms with E-state index in [1.165, 1.54) is 7.11 Å². The lowest BCUT2D eigenvalue weighted by Crippen LogP contribution is -2.31. The summed E-state index contributed by atoms with van der Waals surface area (Å²) in [6.07, 6.45) is 0.669. The van der Waals surface area contributed by atoms with Gasteiger partial charge in [0.2, 0.25) is 0 Å². The molecule has 7 nitrogen and oxygen atoms in total. The van der Waals surface area contributed by atoms with Gasteiger partial charge in [-0.25, -0.2) is 0 Å². The van der Waals surface area contributed by atoms with Gasteiger partial charge < -0.3 is 19.5 Å². The summed E-state index contributed by atoms with van der Waals surface area (Å²) >= 11 is 12.5. The molecule has 1 atom stereocenters. The number of ether oxygens (including phenoxy) is 2. The highest BCUT2D eigenvalue weighted by Crippen LogP contribution is 2.45. The van der Waals surface area contributed by atoms with Crippen molar-refractivity contribution in [2.75, 3.05) is 27.4 Å². The molecule has 0 saturated heterocycles. The van der Waals surface area contributed by atoms with Crippen LogP contribution in [0.5, 0.6) is 11.5 Å². The summed E-state index contributed by atoms with van der Waals surface area (Å²) in [6, 6.07) is 9.78. The molecule has 0 saturated carbocycles. The van der Waals surface area contributed by atoms with Crippen LogP contribution in [0.15, 0.2) is 36.4 Å². The number of carbonyl (C=O) groups excluding carboxylic acids is 1. The molecule has 1 amide bonds. The molecule has 1 aliphatic rings. The maximum absolute atomic E-state index is 13.3. The average Bonchev–Trinajstić information content (AvgIpc) is 3.28. The number of phenols is 1. The van der Waals surface area contributed by atoms with E-state index in [1.54, 1.807) is 48.4 Å². The molecule has 2 aromatic carbocycles. The summed E-state index contributed by atoms with van der Waals surface area (Å²) in [5.74, 6) is 0.187. The van der Waals surface area contributed by atoms with Crippen LogP contribution < -0.4 is 4.74 Å². The first-order valence-electron chi connectivity index (χ1n) is 9.66. The van der Waals surface area contributed by atoms with Gasteiger partial charge in [0.15, 0.2) is 11.5 Å². The third kappa shape index (κ3) is 3.84. The molecule has 2 heterocycles. The number of benzene rings is 2. The van der Waals surface area contributed by atoms with E-state index in [4.69, 9.17) is 32.7 Å². The third-order valence-corrected chi connectivity index (χ3v) is 5.86. The first-order valence-corrected chi connectivity index (χ1v) is 10.4. The number of hydrogen-bond acceptors (Lipinski definition) is 5. The van der Waals surface area contributed by atoms with Crippen LogP contribution in [0, 0.1) is 0 Å². The number of carbonyl (C=O) groups is 1. The number of nitrogens with zero attached hydrogens (tertiary/aromatic N) is 2. The Labute approximate surface area is 189 Å². The largest absolute Gasteiger partial charge is 0.504 e. The molecule has 0 aliphatic carbocycles. The van der Waals surface area contributed by atoms with E-state index >= 15 is 0 Å². The van der Waals surface area contributed by atoms with E-state index in [1.807, 2.05) is 0 Å². The number of aromatic amines is 1. The molecule has 2 N–H and O–H groups in total. The van der Waals surface area contributed by atoms with Gasteiger partial charge in [-0.2, -0.15) is 5.10 Å². The van der Waals surface area contributed by atoms with E-state index in [-0.39, 0.29) is 11.7 Å². The predicted molar refractivity (Wildman–Crippen MR) is 118 cm³/mol. The van der Waals surface area contributed by atoms with Gasteiger partial charge in [-0.3, -0.25) is 9.89 Å². The van der Waals surface area contributed by atoms with Gasteiger partial charge in [0.05, 0.1) is 18.2 Å². The number of nitrogens with one attached hydrogen (secondary N) is 1. The lowest BCUT2D eigenvalue weighted by Gasteiger charge is -2.26. The Morgan fingerprint density at radius 1 is 1.19 bits per heavy atom. The zero-order valence-electron chi connectivity index (χ0n) is 17.0. The molecule has 0 fully saturated rings. The minimum Gasteiger partial charge on any atom is -0.504 e. The zero-order chi connectivity index (χ0) is 22.1. The minimum atomic E-state index is -0.436. The normalized spacial score (nSPS) is 15.4. The van der Waals surface area contributed by atoms with Gasteiger partial charge >= 0.3 is 0 Å². The second kappa shape index (κ2) is 8.78. The smallest absolute Gasteiger partial charge is 0.273 e. The van der Waals surface area contributed by atoms with Crippen molar-refractivity contribution in [1.82, 2.24) is 15.1 Å². The molecule has 0 spiro atoms. The summed E-state index contributed by atoms with van der Waals surface area (Å²) in [5.41, 5.74) is 3.17. The van der Waals surface area contributed by atoms with Gasteiger partial charge in [0.1, 0.15) is 11.4 Å². The number of hydrogen-bond donors (Lipinski definition) is 2. The first kappa shape index (κ1) is 21.5. The van der Waals surface area contributed by atoms with Crippen LogP contribution in [0.1, 0.15) is 34.1 Å². The van der Waals surface area contributed by atoms with E-state index in [0.29, 0.717) is 52.3 Å². The standard InChI is InChI=1S/C22H21Cl2N3O4/c1-30-9-3-8-27-21(12-4-7-16(28)17(10-12)31-2)18-19(25-26-20(18)22(27)29)14-6-5-13(23)11-15(14)24/h4-7,10-11,21,28H,3,8-9H2,1-2H3,(H,25,26). The second-order valence-corrected chi connectivity index (χ2v) is 8.01. The highest BCUT2D eigenvalue weighted by Gasteiger charge is 2.42. The van der Waals surface area contributed by atoms with E-state index < -0.39 is 6.04 Å².